The Morgan fingerprint density at radius 2 is 1.64 bits per heavy atom. The highest BCUT2D eigenvalue weighted by atomic mass is 19.4. The van der Waals surface area contributed by atoms with Gasteiger partial charge >= 0.3 is 6.18 Å². The monoisotopic (exact) mass is 386 g/mol. The van der Waals surface area contributed by atoms with Crippen molar-refractivity contribution < 1.29 is 13.2 Å². The molecule has 0 amide bonds. The largest absolute Gasteiger partial charge is 0.451 e. The molecule has 2 aromatic carbocycles. The first kappa shape index (κ1) is 18.5. The molecule has 3 aromatic rings. The first-order valence-electron chi connectivity index (χ1n) is 9.31. The van der Waals surface area contributed by atoms with E-state index in [9.17, 15) is 13.2 Å². The van der Waals surface area contributed by atoms with Gasteiger partial charge in [-0.1, -0.05) is 30.3 Å². The Morgan fingerprint density at radius 1 is 0.964 bits per heavy atom. The molecule has 1 saturated heterocycles. The second-order valence-corrected chi connectivity index (χ2v) is 7.06. The number of benzene rings is 2. The molecule has 0 spiro atoms. The summed E-state index contributed by atoms with van der Waals surface area (Å²) >= 11 is 0. The summed E-state index contributed by atoms with van der Waals surface area (Å²) < 4.78 is 39.9. The van der Waals surface area contributed by atoms with Crippen LogP contribution in [0.5, 0.6) is 0 Å². The molecular formula is C21H21F3N4. The zero-order valence-corrected chi connectivity index (χ0v) is 15.6. The van der Waals surface area contributed by atoms with Gasteiger partial charge in [0.15, 0.2) is 0 Å². The van der Waals surface area contributed by atoms with Crippen molar-refractivity contribution in [3.05, 3.63) is 59.9 Å². The average Bonchev–Trinajstić information content (AvgIpc) is 3.21. The summed E-state index contributed by atoms with van der Waals surface area (Å²) in [7, 11) is 1.77. The molecule has 1 aliphatic rings. The minimum Gasteiger partial charge on any atom is -0.371 e. The molecule has 0 bridgehead atoms. The highest BCUT2D eigenvalue weighted by Crippen LogP contribution is 2.33. The Kier molecular flexibility index (Phi) is 4.83. The number of nitrogens with zero attached hydrogens (tertiary/aromatic N) is 4. The first-order chi connectivity index (χ1) is 13.4. The summed E-state index contributed by atoms with van der Waals surface area (Å²) in [5.41, 5.74) is 2.50. The van der Waals surface area contributed by atoms with E-state index in [1.54, 1.807) is 36.2 Å². The molecule has 0 atom stereocenters. The molecule has 7 heteroatoms. The van der Waals surface area contributed by atoms with Gasteiger partial charge in [-0.05, 0) is 36.6 Å². The lowest BCUT2D eigenvalue weighted by Crippen LogP contribution is -2.24. The number of hydrogen-bond donors (Lipinski definition) is 0. The highest BCUT2D eigenvalue weighted by molar-refractivity contribution is 5.89. The van der Waals surface area contributed by atoms with E-state index in [1.165, 1.54) is 0 Å². The number of para-hydroxylation sites is 2. The zero-order valence-electron chi connectivity index (χ0n) is 15.6. The Labute approximate surface area is 161 Å². The van der Waals surface area contributed by atoms with Crippen LogP contribution in [0.2, 0.25) is 0 Å². The van der Waals surface area contributed by atoms with Gasteiger partial charge in [0.2, 0.25) is 5.82 Å². The third kappa shape index (κ3) is 3.61. The molecule has 1 fully saturated rings. The SMILES string of the molecule is CN(Cc1ccccc1N1CCCC1)c1nc(C(F)(F)F)nc2ccccc12. The second-order valence-electron chi connectivity index (χ2n) is 7.06. The van der Waals surface area contributed by atoms with Crippen LogP contribution in [-0.4, -0.2) is 30.1 Å². The van der Waals surface area contributed by atoms with E-state index in [4.69, 9.17) is 0 Å². The summed E-state index contributed by atoms with van der Waals surface area (Å²) in [6.45, 7) is 2.48. The van der Waals surface area contributed by atoms with Gasteiger partial charge in [0.1, 0.15) is 5.82 Å². The van der Waals surface area contributed by atoms with Crippen LogP contribution >= 0.6 is 0 Å². The third-order valence-electron chi connectivity index (χ3n) is 5.04. The topological polar surface area (TPSA) is 32.3 Å². The molecule has 0 radical (unpaired) electrons. The van der Waals surface area contributed by atoms with Crippen molar-refractivity contribution in [3.8, 4) is 0 Å². The molecule has 4 rings (SSSR count). The van der Waals surface area contributed by atoms with E-state index in [0.29, 0.717) is 17.4 Å². The van der Waals surface area contributed by atoms with E-state index in [0.717, 1.165) is 37.2 Å². The number of alkyl halides is 3. The molecule has 1 aliphatic heterocycles. The van der Waals surface area contributed by atoms with Crippen molar-refractivity contribution in [1.29, 1.82) is 0 Å². The van der Waals surface area contributed by atoms with Crippen LogP contribution in [0, 0.1) is 0 Å². The molecule has 0 N–H and O–H groups in total. The predicted octanol–water partition coefficient (Wildman–Crippen LogP) is 4.89. The minimum atomic E-state index is -4.59. The van der Waals surface area contributed by atoms with E-state index < -0.39 is 12.0 Å². The molecule has 0 saturated carbocycles. The Balaban J connectivity index is 1.73. The smallest absolute Gasteiger partial charge is 0.371 e. The van der Waals surface area contributed by atoms with Crippen molar-refractivity contribution in [1.82, 2.24) is 9.97 Å². The van der Waals surface area contributed by atoms with Crippen LogP contribution in [0.3, 0.4) is 0 Å². The highest BCUT2D eigenvalue weighted by Gasteiger charge is 2.36. The first-order valence-corrected chi connectivity index (χ1v) is 9.31. The standard InChI is InChI=1S/C21H21F3N4/c1-27(14-15-8-2-5-11-18(15)28-12-6-7-13-28)19-16-9-3-4-10-17(16)25-20(26-19)21(22,23)24/h2-5,8-11H,6-7,12-14H2,1H3. The number of rotatable bonds is 4. The summed E-state index contributed by atoms with van der Waals surface area (Å²) in [5.74, 6) is -0.824. The van der Waals surface area contributed by atoms with Gasteiger partial charge in [-0.25, -0.2) is 9.97 Å². The van der Waals surface area contributed by atoms with Gasteiger partial charge in [0.25, 0.3) is 0 Å². The van der Waals surface area contributed by atoms with E-state index in [1.807, 2.05) is 18.2 Å². The number of aromatic nitrogens is 2. The number of hydrogen-bond acceptors (Lipinski definition) is 4. The fraction of sp³-hybridized carbons (Fsp3) is 0.333. The fourth-order valence-electron chi connectivity index (χ4n) is 3.72. The normalized spacial score (nSPS) is 14.6. The second kappa shape index (κ2) is 7.30. The van der Waals surface area contributed by atoms with Crippen LogP contribution in [0.15, 0.2) is 48.5 Å². The molecular weight excluding hydrogens is 365 g/mol. The summed E-state index contributed by atoms with van der Waals surface area (Å²) in [4.78, 5) is 11.7. The van der Waals surface area contributed by atoms with Crippen LogP contribution in [-0.2, 0) is 12.7 Å². The van der Waals surface area contributed by atoms with Crippen molar-refractivity contribution in [2.24, 2.45) is 0 Å². The lowest BCUT2D eigenvalue weighted by Gasteiger charge is -2.26. The van der Waals surface area contributed by atoms with Gasteiger partial charge < -0.3 is 9.80 Å². The van der Waals surface area contributed by atoms with Crippen molar-refractivity contribution in [3.63, 3.8) is 0 Å². The van der Waals surface area contributed by atoms with Crippen molar-refractivity contribution >= 4 is 22.4 Å². The zero-order chi connectivity index (χ0) is 19.7. The van der Waals surface area contributed by atoms with Crippen LogP contribution < -0.4 is 9.80 Å². The molecule has 1 aromatic heterocycles. The lowest BCUT2D eigenvalue weighted by molar-refractivity contribution is -0.144. The van der Waals surface area contributed by atoms with E-state index in [2.05, 4.69) is 20.9 Å². The number of halogens is 3. The maximum Gasteiger partial charge on any atom is 0.451 e. The number of anilines is 2. The molecule has 0 unspecified atom stereocenters. The minimum absolute atomic E-state index is 0.286. The molecule has 0 aliphatic carbocycles. The van der Waals surface area contributed by atoms with Gasteiger partial charge in [-0.3, -0.25) is 0 Å². The summed E-state index contributed by atoms with van der Waals surface area (Å²) in [6.07, 6.45) is -2.27. The summed E-state index contributed by atoms with van der Waals surface area (Å²) in [5, 5.41) is 0.608. The Hall–Kier alpha value is -2.83. The maximum atomic E-state index is 13.3. The van der Waals surface area contributed by atoms with Gasteiger partial charge in [-0.2, -0.15) is 13.2 Å². The summed E-state index contributed by atoms with van der Waals surface area (Å²) in [6, 6.07) is 14.9. The van der Waals surface area contributed by atoms with Crippen molar-refractivity contribution in [2.45, 2.75) is 25.6 Å². The number of fused-ring (bicyclic) bond motifs is 1. The van der Waals surface area contributed by atoms with Gasteiger partial charge in [0.05, 0.1) is 5.52 Å². The molecule has 28 heavy (non-hydrogen) atoms. The molecule has 2 heterocycles. The Bertz CT molecular complexity index is 981. The van der Waals surface area contributed by atoms with Crippen LogP contribution in [0.4, 0.5) is 24.7 Å². The Morgan fingerprint density at radius 3 is 2.39 bits per heavy atom. The van der Waals surface area contributed by atoms with Gasteiger partial charge in [-0.15, -0.1) is 0 Å². The fourth-order valence-corrected chi connectivity index (χ4v) is 3.72. The third-order valence-corrected chi connectivity index (χ3v) is 5.04. The molecule has 146 valence electrons. The quantitative estimate of drug-likeness (QED) is 0.639. The van der Waals surface area contributed by atoms with Gasteiger partial charge in [0, 0.05) is 37.8 Å². The average molecular weight is 386 g/mol. The van der Waals surface area contributed by atoms with Crippen LogP contribution in [0.1, 0.15) is 24.2 Å². The molecule has 4 nitrogen and oxygen atoms in total. The maximum absolute atomic E-state index is 13.3. The van der Waals surface area contributed by atoms with Crippen LogP contribution in [0.25, 0.3) is 10.9 Å². The van der Waals surface area contributed by atoms with E-state index in [-0.39, 0.29) is 5.82 Å². The van der Waals surface area contributed by atoms with Crippen molar-refractivity contribution in [2.75, 3.05) is 29.9 Å². The van der Waals surface area contributed by atoms with E-state index >= 15 is 0 Å². The lowest BCUT2D eigenvalue weighted by atomic mass is 10.1. The predicted molar refractivity (Wildman–Crippen MR) is 105 cm³/mol.